The fourth-order valence-electron chi connectivity index (χ4n) is 2.19. The van der Waals surface area contributed by atoms with Crippen LogP contribution in [0.4, 0.5) is 4.39 Å². The molecule has 98 valence electrons. The summed E-state index contributed by atoms with van der Waals surface area (Å²) in [6.07, 6.45) is 1.30. The third-order valence-electron chi connectivity index (χ3n) is 3.31. The fraction of sp³-hybridized carbons (Fsp3) is 0.462. The molecule has 1 aromatic carbocycles. The minimum atomic E-state index is -0.310. The molecule has 0 radical (unpaired) electrons. The van der Waals surface area contributed by atoms with Gasteiger partial charge >= 0.3 is 0 Å². The molecule has 0 spiro atoms. The van der Waals surface area contributed by atoms with E-state index in [1.165, 1.54) is 6.07 Å². The average molecular weight is 315 g/mol. The molecule has 1 atom stereocenters. The van der Waals surface area contributed by atoms with Gasteiger partial charge in [-0.25, -0.2) is 4.39 Å². The number of hydrogen-bond donors (Lipinski definition) is 1. The molecule has 0 saturated carbocycles. The molecule has 1 fully saturated rings. The maximum absolute atomic E-state index is 13.1. The number of likely N-dealkylation sites (tertiary alicyclic amines) is 1. The average Bonchev–Trinajstić information content (AvgIpc) is 2.82. The number of carbonyl (C=O) groups is 1. The van der Waals surface area contributed by atoms with Gasteiger partial charge in [0.25, 0.3) is 0 Å². The van der Waals surface area contributed by atoms with Crippen molar-refractivity contribution in [3.05, 3.63) is 34.1 Å². The molecule has 1 amide bonds. The van der Waals surface area contributed by atoms with E-state index in [0.717, 1.165) is 25.1 Å². The molecule has 0 aromatic heterocycles. The topological polar surface area (TPSA) is 46.3 Å². The van der Waals surface area contributed by atoms with Crippen LogP contribution in [0.1, 0.15) is 12.0 Å². The van der Waals surface area contributed by atoms with Crippen LogP contribution in [0.25, 0.3) is 0 Å². The summed E-state index contributed by atoms with van der Waals surface area (Å²) in [5.74, 6) is 0.203. The molecular weight excluding hydrogens is 299 g/mol. The Morgan fingerprint density at radius 1 is 1.56 bits per heavy atom. The molecule has 5 heteroatoms. The van der Waals surface area contributed by atoms with E-state index in [-0.39, 0.29) is 11.7 Å². The Labute approximate surface area is 114 Å². The van der Waals surface area contributed by atoms with E-state index in [1.807, 2.05) is 4.90 Å². The van der Waals surface area contributed by atoms with Crippen LogP contribution in [0, 0.1) is 11.7 Å². The van der Waals surface area contributed by atoms with Crippen molar-refractivity contribution in [1.82, 2.24) is 4.90 Å². The molecule has 3 nitrogen and oxygen atoms in total. The number of amides is 1. The first-order chi connectivity index (χ1) is 8.60. The summed E-state index contributed by atoms with van der Waals surface area (Å²) in [4.78, 5) is 13.9. The third-order valence-corrected chi connectivity index (χ3v) is 3.92. The van der Waals surface area contributed by atoms with Gasteiger partial charge in [0.1, 0.15) is 5.82 Å². The van der Waals surface area contributed by atoms with Gasteiger partial charge in [0.05, 0.1) is 10.9 Å². The van der Waals surface area contributed by atoms with Crippen LogP contribution in [0.5, 0.6) is 0 Å². The number of rotatable bonds is 3. The summed E-state index contributed by atoms with van der Waals surface area (Å²) in [6.45, 7) is 2.16. The summed E-state index contributed by atoms with van der Waals surface area (Å²) in [6, 6.07) is 4.68. The van der Waals surface area contributed by atoms with Gasteiger partial charge in [-0.3, -0.25) is 4.79 Å². The normalized spacial score (nSPS) is 19.3. The Bertz CT molecular complexity index is 453. The molecule has 0 bridgehead atoms. The molecule has 1 heterocycles. The highest BCUT2D eigenvalue weighted by molar-refractivity contribution is 9.10. The Kier molecular flexibility index (Phi) is 4.35. The van der Waals surface area contributed by atoms with Gasteiger partial charge in [-0.1, -0.05) is 6.07 Å². The predicted octanol–water partition coefficient (Wildman–Crippen LogP) is 1.94. The lowest BCUT2D eigenvalue weighted by atomic mass is 10.1. The number of carbonyl (C=O) groups excluding carboxylic acids is 1. The first-order valence-corrected chi connectivity index (χ1v) is 6.81. The Balaban J connectivity index is 1.97. The van der Waals surface area contributed by atoms with Crippen LogP contribution in [0.3, 0.4) is 0 Å². The van der Waals surface area contributed by atoms with E-state index in [0.29, 0.717) is 23.4 Å². The SMILES string of the molecule is NCC1CCN(C(=O)Cc2ccc(F)c(Br)c2)C1. The van der Waals surface area contributed by atoms with Crippen LogP contribution in [0.2, 0.25) is 0 Å². The number of nitrogens with two attached hydrogens (primary N) is 1. The van der Waals surface area contributed by atoms with Gasteiger partial charge < -0.3 is 10.6 Å². The van der Waals surface area contributed by atoms with Crippen molar-refractivity contribution in [2.24, 2.45) is 11.7 Å². The maximum Gasteiger partial charge on any atom is 0.227 e. The standard InChI is InChI=1S/C13H16BrFN2O/c14-11-5-9(1-2-12(11)15)6-13(18)17-4-3-10(7-16)8-17/h1-2,5,10H,3-4,6-8,16H2. The first kappa shape index (κ1) is 13.5. The molecule has 1 aliphatic rings. The van der Waals surface area contributed by atoms with E-state index in [2.05, 4.69) is 15.9 Å². The van der Waals surface area contributed by atoms with Crippen LogP contribution >= 0.6 is 15.9 Å². The van der Waals surface area contributed by atoms with Crippen molar-refractivity contribution in [1.29, 1.82) is 0 Å². The van der Waals surface area contributed by atoms with Gasteiger partial charge in [0, 0.05) is 13.1 Å². The highest BCUT2D eigenvalue weighted by Crippen LogP contribution is 2.19. The number of halogens is 2. The first-order valence-electron chi connectivity index (χ1n) is 6.02. The quantitative estimate of drug-likeness (QED) is 0.926. The molecular formula is C13H16BrFN2O. The molecule has 18 heavy (non-hydrogen) atoms. The van der Waals surface area contributed by atoms with Gasteiger partial charge in [-0.15, -0.1) is 0 Å². The molecule has 0 aliphatic carbocycles. The number of nitrogens with zero attached hydrogens (tertiary/aromatic N) is 1. The largest absolute Gasteiger partial charge is 0.342 e. The van der Waals surface area contributed by atoms with Crippen LogP contribution in [-0.4, -0.2) is 30.4 Å². The van der Waals surface area contributed by atoms with E-state index >= 15 is 0 Å². The predicted molar refractivity (Wildman–Crippen MR) is 71.5 cm³/mol. The second kappa shape index (κ2) is 5.80. The smallest absolute Gasteiger partial charge is 0.227 e. The fourth-order valence-corrected chi connectivity index (χ4v) is 2.61. The highest BCUT2D eigenvalue weighted by atomic mass is 79.9. The lowest BCUT2D eigenvalue weighted by Gasteiger charge is -2.16. The van der Waals surface area contributed by atoms with Crippen molar-refractivity contribution in [2.75, 3.05) is 19.6 Å². The summed E-state index contributed by atoms with van der Waals surface area (Å²) in [5.41, 5.74) is 6.42. The second-order valence-electron chi connectivity index (χ2n) is 4.66. The van der Waals surface area contributed by atoms with Crippen LogP contribution in [-0.2, 0) is 11.2 Å². The van der Waals surface area contributed by atoms with Crippen molar-refractivity contribution in [3.8, 4) is 0 Å². The van der Waals surface area contributed by atoms with Crippen molar-refractivity contribution in [3.63, 3.8) is 0 Å². The number of hydrogen-bond acceptors (Lipinski definition) is 2. The van der Waals surface area contributed by atoms with Gasteiger partial charge in [0.15, 0.2) is 0 Å². The molecule has 1 aliphatic heterocycles. The Morgan fingerprint density at radius 3 is 2.94 bits per heavy atom. The second-order valence-corrected chi connectivity index (χ2v) is 5.51. The zero-order valence-corrected chi connectivity index (χ0v) is 11.6. The summed E-state index contributed by atoms with van der Waals surface area (Å²) in [7, 11) is 0. The lowest BCUT2D eigenvalue weighted by molar-refractivity contribution is -0.129. The maximum atomic E-state index is 13.1. The van der Waals surface area contributed by atoms with Crippen molar-refractivity contribution in [2.45, 2.75) is 12.8 Å². The minimum absolute atomic E-state index is 0.0875. The van der Waals surface area contributed by atoms with Gasteiger partial charge in [0.2, 0.25) is 5.91 Å². The van der Waals surface area contributed by atoms with E-state index in [1.54, 1.807) is 12.1 Å². The summed E-state index contributed by atoms with van der Waals surface area (Å²) < 4.78 is 13.5. The third kappa shape index (κ3) is 3.09. The van der Waals surface area contributed by atoms with Gasteiger partial charge in [-0.05, 0) is 52.5 Å². The Hall–Kier alpha value is -0.940. The summed E-state index contributed by atoms with van der Waals surface area (Å²) >= 11 is 3.12. The molecule has 2 rings (SSSR count). The molecule has 2 N–H and O–H groups in total. The highest BCUT2D eigenvalue weighted by Gasteiger charge is 2.25. The Morgan fingerprint density at radius 2 is 2.33 bits per heavy atom. The molecule has 1 unspecified atom stereocenters. The van der Waals surface area contributed by atoms with E-state index in [9.17, 15) is 9.18 Å². The summed E-state index contributed by atoms with van der Waals surface area (Å²) in [5, 5.41) is 0. The van der Waals surface area contributed by atoms with E-state index < -0.39 is 0 Å². The zero-order chi connectivity index (χ0) is 13.1. The molecule has 1 saturated heterocycles. The van der Waals surface area contributed by atoms with Crippen molar-refractivity contribution >= 4 is 21.8 Å². The number of benzene rings is 1. The van der Waals surface area contributed by atoms with Crippen LogP contribution < -0.4 is 5.73 Å². The van der Waals surface area contributed by atoms with Crippen LogP contribution in [0.15, 0.2) is 22.7 Å². The monoisotopic (exact) mass is 314 g/mol. The zero-order valence-electron chi connectivity index (χ0n) is 10.0. The van der Waals surface area contributed by atoms with Crippen molar-refractivity contribution < 1.29 is 9.18 Å². The van der Waals surface area contributed by atoms with Gasteiger partial charge in [-0.2, -0.15) is 0 Å². The van der Waals surface area contributed by atoms with E-state index in [4.69, 9.17) is 5.73 Å². The lowest BCUT2D eigenvalue weighted by Crippen LogP contribution is -2.31. The molecule has 1 aromatic rings. The minimum Gasteiger partial charge on any atom is -0.342 e.